The molecular weight excluding hydrogens is 170 g/mol. The van der Waals surface area contributed by atoms with Crippen LogP contribution in [0.5, 0.6) is 0 Å². The predicted molar refractivity (Wildman–Crippen MR) is 47.7 cm³/mol. The van der Waals surface area contributed by atoms with Crippen molar-refractivity contribution in [3.05, 3.63) is 6.20 Å². The van der Waals surface area contributed by atoms with Gasteiger partial charge in [-0.2, -0.15) is 0 Å². The number of carbonyl (C=O) groups is 1. The van der Waals surface area contributed by atoms with Crippen molar-refractivity contribution in [3.63, 3.8) is 0 Å². The zero-order valence-electron chi connectivity index (χ0n) is 7.77. The molecule has 2 N–H and O–H groups in total. The summed E-state index contributed by atoms with van der Waals surface area (Å²) >= 11 is 0. The van der Waals surface area contributed by atoms with Crippen LogP contribution in [0.3, 0.4) is 0 Å². The summed E-state index contributed by atoms with van der Waals surface area (Å²) in [4.78, 5) is 12.7. The summed E-state index contributed by atoms with van der Waals surface area (Å²) in [6, 6.07) is 0. The van der Waals surface area contributed by atoms with E-state index in [0.717, 1.165) is 0 Å². The fourth-order valence-electron chi connectivity index (χ4n) is 0.856. The molecule has 1 aromatic heterocycles. The van der Waals surface area contributed by atoms with E-state index in [0.29, 0.717) is 18.8 Å². The van der Waals surface area contributed by atoms with Gasteiger partial charge in [-0.15, -0.1) is 5.10 Å². The molecule has 6 heteroatoms. The lowest BCUT2D eigenvalue weighted by atomic mass is 10.4. The van der Waals surface area contributed by atoms with E-state index in [4.69, 9.17) is 5.73 Å². The molecule has 72 valence electrons. The highest BCUT2D eigenvalue weighted by atomic mass is 16.2. The normalized spacial score (nSPS) is 10.0. The molecule has 0 aromatic carbocycles. The molecule has 0 fully saturated rings. The Kier molecular flexibility index (Phi) is 2.84. The number of nitrogens with zero attached hydrogens (tertiary/aromatic N) is 4. The van der Waals surface area contributed by atoms with Crippen molar-refractivity contribution >= 4 is 11.7 Å². The van der Waals surface area contributed by atoms with Crippen LogP contribution in [0.4, 0.5) is 5.82 Å². The summed E-state index contributed by atoms with van der Waals surface area (Å²) in [5.74, 6) is 0.436. The van der Waals surface area contributed by atoms with E-state index in [1.807, 2.05) is 0 Å². The first-order valence-electron chi connectivity index (χ1n) is 3.95. The number of aromatic nitrogens is 3. The first kappa shape index (κ1) is 9.50. The monoisotopic (exact) mass is 183 g/mol. The zero-order valence-corrected chi connectivity index (χ0v) is 7.77. The maximum absolute atomic E-state index is 11.2. The molecule has 0 saturated carbocycles. The summed E-state index contributed by atoms with van der Waals surface area (Å²) in [7, 11) is 3.44. The summed E-state index contributed by atoms with van der Waals surface area (Å²) in [6.07, 6.45) is 2.01. The van der Waals surface area contributed by atoms with E-state index >= 15 is 0 Å². The fraction of sp³-hybridized carbons (Fsp3) is 0.571. The van der Waals surface area contributed by atoms with E-state index in [1.165, 1.54) is 0 Å². The number of carbonyl (C=O) groups excluding carboxylic acids is 1. The molecular formula is C7H13N5O. The first-order chi connectivity index (χ1) is 6.09. The van der Waals surface area contributed by atoms with Crippen molar-refractivity contribution in [3.8, 4) is 0 Å². The molecule has 1 amide bonds. The summed E-state index contributed by atoms with van der Waals surface area (Å²) in [6.45, 7) is 0.515. The van der Waals surface area contributed by atoms with E-state index in [1.54, 1.807) is 29.9 Å². The van der Waals surface area contributed by atoms with Gasteiger partial charge in [0, 0.05) is 20.5 Å². The van der Waals surface area contributed by atoms with Gasteiger partial charge >= 0.3 is 0 Å². The molecule has 0 atom stereocenters. The molecule has 0 radical (unpaired) electrons. The molecule has 0 unspecified atom stereocenters. The van der Waals surface area contributed by atoms with Crippen molar-refractivity contribution in [1.29, 1.82) is 0 Å². The highest BCUT2D eigenvalue weighted by Gasteiger charge is 2.04. The van der Waals surface area contributed by atoms with Gasteiger partial charge in [-0.05, 0) is 0 Å². The quantitative estimate of drug-likeness (QED) is 0.674. The second-order valence-corrected chi connectivity index (χ2v) is 2.94. The zero-order chi connectivity index (χ0) is 9.84. The van der Waals surface area contributed by atoms with Gasteiger partial charge in [-0.3, -0.25) is 4.79 Å². The Morgan fingerprint density at radius 1 is 1.69 bits per heavy atom. The minimum Gasteiger partial charge on any atom is -0.381 e. The number of hydrogen-bond donors (Lipinski definition) is 1. The minimum absolute atomic E-state index is 0.0640. The highest BCUT2D eigenvalue weighted by molar-refractivity contribution is 5.75. The SMILES string of the molecule is CN(C)C(=O)CCn1cc(N)nn1. The van der Waals surface area contributed by atoms with Gasteiger partial charge < -0.3 is 10.6 Å². The minimum atomic E-state index is 0.0640. The topological polar surface area (TPSA) is 77.0 Å². The molecule has 13 heavy (non-hydrogen) atoms. The largest absolute Gasteiger partial charge is 0.381 e. The van der Waals surface area contributed by atoms with Crippen LogP contribution in [0.25, 0.3) is 0 Å². The van der Waals surface area contributed by atoms with Crippen LogP contribution < -0.4 is 5.73 Å². The molecule has 0 spiro atoms. The lowest BCUT2D eigenvalue weighted by Crippen LogP contribution is -2.22. The molecule has 1 rings (SSSR count). The molecule has 0 bridgehead atoms. The number of nitrogens with two attached hydrogens (primary N) is 1. The molecule has 1 heterocycles. The Hall–Kier alpha value is -1.59. The summed E-state index contributed by atoms with van der Waals surface area (Å²) in [5, 5.41) is 7.32. The van der Waals surface area contributed by atoms with Crippen LogP contribution in [-0.2, 0) is 11.3 Å². The van der Waals surface area contributed by atoms with Crippen molar-refractivity contribution in [2.24, 2.45) is 0 Å². The van der Waals surface area contributed by atoms with Gasteiger partial charge in [0.15, 0.2) is 5.82 Å². The van der Waals surface area contributed by atoms with E-state index in [9.17, 15) is 4.79 Å². The van der Waals surface area contributed by atoms with Crippen molar-refractivity contribution < 1.29 is 4.79 Å². The highest BCUT2D eigenvalue weighted by Crippen LogP contribution is 1.95. The number of amides is 1. The third kappa shape index (κ3) is 2.73. The van der Waals surface area contributed by atoms with Gasteiger partial charge in [0.1, 0.15) is 0 Å². The predicted octanol–water partition coefficient (Wildman–Crippen LogP) is -0.661. The van der Waals surface area contributed by atoms with Gasteiger partial charge in [0.2, 0.25) is 5.91 Å². The van der Waals surface area contributed by atoms with Crippen LogP contribution in [-0.4, -0.2) is 39.9 Å². The van der Waals surface area contributed by atoms with Crippen molar-refractivity contribution in [1.82, 2.24) is 19.9 Å². The van der Waals surface area contributed by atoms with Crippen LogP contribution in [0.15, 0.2) is 6.20 Å². The van der Waals surface area contributed by atoms with Crippen LogP contribution in [0.2, 0.25) is 0 Å². The third-order valence-electron chi connectivity index (χ3n) is 1.61. The van der Waals surface area contributed by atoms with Crippen LogP contribution in [0, 0.1) is 0 Å². The van der Waals surface area contributed by atoms with Crippen molar-refractivity contribution in [2.75, 3.05) is 19.8 Å². The Morgan fingerprint density at radius 2 is 2.38 bits per heavy atom. The lowest BCUT2D eigenvalue weighted by molar-refractivity contribution is -0.128. The Balaban J connectivity index is 2.39. The molecule has 1 aromatic rings. The van der Waals surface area contributed by atoms with Gasteiger partial charge in [0.25, 0.3) is 0 Å². The number of aryl methyl sites for hydroxylation is 1. The second kappa shape index (κ2) is 3.88. The average Bonchev–Trinajstić information content (AvgIpc) is 2.47. The van der Waals surface area contributed by atoms with Crippen LogP contribution >= 0.6 is 0 Å². The Labute approximate surface area is 76.3 Å². The van der Waals surface area contributed by atoms with Gasteiger partial charge in [0.05, 0.1) is 12.7 Å². The standard InChI is InChI=1S/C7H13N5O/c1-11(2)7(13)3-4-12-5-6(8)9-10-12/h5H,3-4,8H2,1-2H3. The summed E-state index contributed by atoms with van der Waals surface area (Å²) in [5.41, 5.74) is 5.35. The number of rotatable bonds is 3. The third-order valence-corrected chi connectivity index (χ3v) is 1.61. The lowest BCUT2D eigenvalue weighted by Gasteiger charge is -2.09. The second-order valence-electron chi connectivity index (χ2n) is 2.94. The Bertz CT molecular complexity index is 293. The smallest absolute Gasteiger partial charge is 0.223 e. The molecule has 0 aliphatic carbocycles. The van der Waals surface area contributed by atoms with Gasteiger partial charge in [-0.1, -0.05) is 5.21 Å². The number of hydrogen-bond acceptors (Lipinski definition) is 4. The first-order valence-corrected chi connectivity index (χ1v) is 3.95. The Morgan fingerprint density at radius 3 is 2.85 bits per heavy atom. The van der Waals surface area contributed by atoms with Gasteiger partial charge in [-0.25, -0.2) is 4.68 Å². The average molecular weight is 183 g/mol. The maximum atomic E-state index is 11.2. The van der Waals surface area contributed by atoms with Crippen LogP contribution in [0.1, 0.15) is 6.42 Å². The van der Waals surface area contributed by atoms with E-state index < -0.39 is 0 Å². The fourth-order valence-corrected chi connectivity index (χ4v) is 0.856. The number of anilines is 1. The summed E-state index contributed by atoms with van der Waals surface area (Å²) < 4.78 is 1.55. The van der Waals surface area contributed by atoms with Crippen molar-refractivity contribution in [2.45, 2.75) is 13.0 Å². The van der Waals surface area contributed by atoms with E-state index in [-0.39, 0.29) is 5.91 Å². The number of nitrogen functional groups attached to an aromatic ring is 1. The maximum Gasteiger partial charge on any atom is 0.223 e. The molecule has 0 saturated heterocycles. The molecule has 0 aliphatic heterocycles. The molecule has 0 aliphatic rings. The van der Waals surface area contributed by atoms with E-state index in [2.05, 4.69) is 10.3 Å². The molecule has 6 nitrogen and oxygen atoms in total.